The number of anilines is 1. The monoisotopic (exact) mass is 375 g/mol. The van der Waals surface area contributed by atoms with Gasteiger partial charge in [-0.15, -0.1) is 0 Å². The van der Waals surface area contributed by atoms with E-state index in [2.05, 4.69) is 40.7 Å². The maximum Gasteiger partial charge on any atom is 0.269 e. The molecule has 1 amide bonds. The summed E-state index contributed by atoms with van der Waals surface area (Å²) in [5.74, 6) is 0.645. The number of hydrogen-bond donors (Lipinski definition) is 2. The number of nitrogens with one attached hydrogen (secondary N) is 2. The van der Waals surface area contributed by atoms with E-state index in [1.54, 1.807) is 19.4 Å². The number of para-hydroxylation sites is 1. The quantitative estimate of drug-likeness (QED) is 0.625. The van der Waals surface area contributed by atoms with Crippen LogP contribution in [0.1, 0.15) is 27.2 Å². The van der Waals surface area contributed by atoms with Gasteiger partial charge in [-0.25, -0.2) is 0 Å². The molecule has 3 aromatic rings. The van der Waals surface area contributed by atoms with Crippen molar-refractivity contribution in [2.45, 2.75) is 19.9 Å². The summed E-state index contributed by atoms with van der Waals surface area (Å²) in [7, 11) is 1.65. The highest BCUT2D eigenvalue weighted by molar-refractivity contribution is 5.93. The molecule has 2 N–H and O–H groups in total. The molecule has 0 aliphatic heterocycles. The maximum atomic E-state index is 12.4. The second-order valence-corrected chi connectivity index (χ2v) is 6.59. The largest absolute Gasteiger partial charge is 0.496 e. The Morgan fingerprint density at radius 2 is 1.93 bits per heavy atom. The molecule has 5 nitrogen and oxygen atoms in total. The molecule has 0 unspecified atom stereocenters. The Morgan fingerprint density at radius 3 is 2.75 bits per heavy atom. The molecule has 1 aromatic heterocycles. The molecule has 2 aromatic carbocycles. The van der Waals surface area contributed by atoms with Crippen LogP contribution in [0.15, 0.2) is 66.9 Å². The molecule has 0 aliphatic rings. The Balaban J connectivity index is 1.54. The number of aromatic nitrogens is 1. The molecule has 0 saturated heterocycles. The summed E-state index contributed by atoms with van der Waals surface area (Å²) in [6.45, 7) is 3.28. The Labute approximate surface area is 165 Å². The number of carbonyl (C=O) groups excluding carboxylic acids is 1. The van der Waals surface area contributed by atoms with E-state index in [1.807, 2.05) is 36.4 Å². The van der Waals surface area contributed by atoms with Crippen molar-refractivity contribution in [3.05, 3.63) is 89.2 Å². The van der Waals surface area contributed by atoms with Gasteiger partial charge in [0.25, 0.3) is 5.91 Å². The molecular weight excluding hydrogens is 350 g/mol. The van der Waals surface area contributed by atoms with Gasteiger partial charge in [-0.2, -0.15) is 0 Å². The second-order valence-electron chi connectivity index (χ2n) is 6.59. The van der Waals surface area contributed by atoms with Gasteiger partial charge in [0, 0.05) is 25.0 Å². The SMILES string of the molecule is COc1ccccc1CCNC(=O)c1cc(NCc2cccc(C)c2)ccn1. The first-order valence-corrected chi connectivity index (χ1v) is 9.31. The van der Waals surface area contributed by atoms with Gasteiger partial charge in [-0.1, -0.05) is 48.0 Å². The zero-order valence-corrected chi connectivity index (χ0v) is 16.2. The van der Waals surface area contributed by atoms with E-state index in [-0.39, 0.29) is 5.91 Å². The normalized spacial score (nSPS) is 10.4. The summed E-state index contributed by atoms with van der Waals surface area (Å²) < 4.78 is 5.34. The molecule has 0 saturated carbocycles. The number of amides is 1. The van der Waals surface area contributed by atoms with Crippen LogP contribution in [0, 0.1) is 6.92 Å². The highest BCUT2D eigenvalue weighted by Gasteiger charge is 2.09. The molecule has 0 radical (unpaired) electrons. The number of rotatable bonds is 8. The summed E-state index contributed by atoms with van der Waals surface area (Å²) in [5.41, 5.74) is 4.75. The number of methoxy groups -OCH3 is 1. The molecule has 0 aliphatic carbocycles. The maximum absolute atomic E-state index is 12.4. The van der Waals surface area contributed by atoms with Crippen molar-refractivity contribution < 1.29 is 9.53 Å². The third-order valence-electron chi connectivity index (χ3n) is 4.44. The smallest absolute Gasteiger partial charge is 0.269 e. The zero-order chi connectivity index (χ0) is 19.8. The summed E-state index contributed by atoms with van der Waals surface area (Å²) in [6, 6.07) is 19.8. The van der Waals surface area contributed by atoms with Crippen molar-refractivity contribution in [2.24, 2.45) is 0 Å². The number of aryl methyl sites for hydroxylation is 1. The molecule has 5 heteroatoms. The third-order valence-corrected chi connectivity index (χ3v) is 4.44. The lowest BCUT2D eigenvalue weighted by Crippen LogP contribution is -2.26. The van der Waals surface area contributed by atoms with E-state index in [1.165, 1.54) is 11.1 Å². The first kappa shape index (κ1) is 19.4. The van der Waals surface area contributed by atoms with Gasteiger partial charge in [0.1, 0.15) is 11.4 Å². The van der Waals surface area contributed by atoms with Crippen LogP contribution < -0.4 is 15.4 Å². The summed E-state index contributed by atoms with van der Waals surface area (Å²) in [5, 5.41) is 6.27. The van der Waals surface area contributed by atoms with Gasteiger partial charge < -0.3 is 15.4 Å². The number of benzene rings is 2. The lowest BCUT2D eigenvalue weighted by molar-refractivity contribution is 0.0949. The molecule has 1 heterocycles. The van der Waals surface area contributed by atoms with Crippen LogP contribution in [0.4, 0.5) is 5.69 Å². The van der Waals surface area contributed by atoms with Gasteiger partial charge >= 0.3 is 0 Å². The van der Waals surface area contributed by atoms with Crippen molar-refractivity contribution in [2.75, 3.05) is 19.0 Å². The van der Waals surface area contributed by atoms with Crippen molar-refractivity contribution in [3.8, 4) is 5.75 Å². The van der Waals surface area contributed by atoms with E-state index in [4.69, 9.17) is 4.74 Å². The number of pyridine rings is 1. The fourth-order valence-electron chi connectivity index (χ4n) is 3.00. The molecular formula is C23H25N3O2. The summed E-state index contributed by atoms with van der Waals surface area (Å²) >= 11 is 0. The van der Waals surface area contributed by atoms with Crippen molar-refractivity contribution in [3.63, 3.8) is 0 Å². The predicted octanol–water partition coefficient (Wildman–Crippen LogP) is 3.98. The zero-order valence-electron chi connectivity index (χ0n) is 16.2. The van der Waals surface area contributed by atoms with E-state index in [0.717, 1.165) is 17.0 Å². The molecule has 3 rings (SSSR count). The Kier molecular flexibility index (Phi) is 6.63. The van der Waals surface area contributed by atoms with Crippen LogP contribution in [-0.4, -0.2) is 24.5 Å². The standard InChI is InChI=1S/C23H25N3O2/c1-17-6-5-7-18(14-17)16-26-20-11-13-24-21(15-20)23(27)25-12-10-19-8-3-4-9-22(19)28-2/h3-9,11,13-15H,10,12,16H2,1-2H3,(H,24,26)(H,25,27). The van der Waals surface area contributed by atoms with E-state index in [9.17, 15) is 4.79 Å². The van der Waals surface area contributed by atoms with Crippen LogP contribution in [0.2, 0.25) is 0 Å². The van der Waals surface area contributed by atoms with Crippen LogP contribution in [0.25, 0.3) is 0 Å². The average Bonchev–Trinajstić information content (AvgIpc) is 2.73. The highest BCUT2D eigenvalue weighted by Crippen LogP contribution is 2.17. The fourth-order valence-corrected chi connectivity index (χ4v) is 3.00. The predicted molar refractivity (Wildman–Crippen MR) is 112 cm³/mol. The number of nitrogens with zero attached hydrogens (tertiary/aromatic N) is 1. The second kappa shape index (κ2) is 9.55. The Hall–Kier alpha value is -3.34. The van der Waals surface area contributed by atoms with Gasteiger partial charge in [-0.3, -0.25) is 9.78 Å². The van der Waals surface area contributed by atoms with Crippen LogP contribution in [0.5, 0.6) is 5.75 Å². The molecule has 0 fully saturated rings. The number of ether oxygens (including phenoxy) is 1. The highest BCUT2D eigenvalue weighted by atomic mass is 16.5. The van der Waals surface area contributed by atoms with Crippen molar-refractivity contribution >= 4 is 11.6 Å². The Morgan fingerprint density at radius 1 is 1.07 bits per heavy atom. The lowest BCUT2D eigenvalue weighted by atomic mass is 10.1. The fraction of sp³-hybridized carbons (Fsp3) is 0.217. The molecule has 144 valence electrons. The third kappa shape index (κ3) is 5.33. The Bertz CT molecular complexity index is 940. The summed E-state index contributed by atoms with van der Waals surface area (Å²) in [4.78, 5) is 16.6. The lowest BCUT2D eigenvalue weighted by Gasteiger charge is -2.10. The first-order chi connectivity index (χ1) is 13.7. The minimum Gasteiger partial charge on any atom is -0.496 e. The molecule has 0 bridgehead atoms. The van der Waals surface area contributed by atoms with Gasteiger partial charge in [0.15, 0.2) is 0 Å². The number of hydrogen-bond acceptors (Lipinski definition) is 4. The van der Waals surface area contributed by atoms with Gasteiger partial charge in [0.05, 0.1) is 7.11 Å². The molecule has 0 atom stereocenters. The molecule has 28 heavy (non-hydrogen) atoms. The van der Waals surface area contributed by atoms with E-state index >= 15 is 0 Å². The van der Waals surface area contributed by atoms with Crippen molar-refractivity contribution in [1.29, 1.82) is 0 Å². The minimum absolute atomic E-state index is 0.186. The molecule has 0 spiro atoms. The van der Waals surface area contributed by atoms with Crippen LogP contribution >= 0.6 is 0 Å². The number of carbonyl (C=O) groups is 1. The van der Waals surface area contributed by atoms with Crippen LogP contribution in [-0.2, 0) is 13.0 Å². The first-order valence-electron chi connectivity index (χ1n) is 9.31. The van der Waals surface area contributed by atoms with Crippen molar-refractivity contribution in [1.82, 2.24) is 10.3 Å². The van der Waals surface area contributed by atoms with E-state index < -0.39 is 0 Å². The minimum atomic E-state index is -0.186. The summed E-state index contributed by atoms with van der Waals surface area (Å²) in [6.07, 6.45) is 2.34. The van der Waals surface area contributed by atoms with E-state index in [0.29, 0.717) is 25.2 Å². The van der Waals surface area contributed by atoms with Gasteiger partial charge in [0.2, 0.25) is 0 Å². The van der Waals surface area contributed by atoms with Gasteiger partial charge in [-0.05, 0) is 42.7 Å². The van der Waals surface area contributed by atoms with Crippen LogP contribution in [0.3, 0.4) is 0 Å². The topological polar surface area (TPSA) is 63.2 Å². The average molecular weight is 375 g/mol.